The fourth-order valence-electron chi connectivity index (χ4n) is 3.62. The Morgan fingerprint density at radius 3 is 2.55 bits per heavy atom. The summed E-state index contributed by atoms with van der Waals surface area (Å²) in [6.07, 6.45) is 2.08. The molecule has 0 saturated heterocycles. The van der Waals surface area contributed by atoms with E-state index in [2.05, 4.69) is 74.1 Å². The Morgan fingerprint density at radius 2 is 1.84 bits per heavy atom. The second kappa shape index (κ2) is 10.2. The highest BCUT2D eigenvalue weighted by molar-refractivity contribution is 5.91. The van der Waals surface area contributed by atoms with E-state index >= 15 is 0 Å². The first-order valence-electron chi connectivity index (χ1n) is 10.8. The summed E-state index contributed by atoms with van der Waals surface area (Å²) in [5.74, 6) is 0.972. The summed E-state index contributed by atoms with van der Waals surface area (Å²) in [6, 6.07) is 20.1. The molecule has 0 aliphatic heterocycles. The van der Waals surface area contributed by atoms with E-state index in [1.807, 2.05) is 35.2 Å². The molecule has 164 valence electrons. The van der Waals surface area contributed by atoms with Crippen molar-refractivity contribution in [2.24, 2.45) is 5.92 Å². The molecule has 0 saturated carbocycles. The summed E-state index contributed by atoms with van der Waals surface area (Å²) in [5, 5.41) is 3.04. The van der Waals surface area contributed by atoms with Gasteiger partial charge in [-0.2, -0.15) is 0 Å². The standard InChI is InChI=1S/C26H33N3O2/c1-19(2)21(4)29(26(30)27-24-13-6-7-14-25(24)31-5)18-23-12-9-15-28(23)17-22-11-8-10-20(3)16-22/h6-16,19,21H,17-18H2,1-5H3,(H,27,30)/t21-/m1/s1. The number of carbonyl (C=O) groups is 1. The summed E-state index contributed by atoms with van der Waals surface area (Å²) in [7, 11) is 1.61. The number of para-hydroxylation sites is 2. The molecule has 0 spiro atoms. The number of nitrogens with zero attached hydrogens (tertiary/aromatic N) is 2. The minimum Gasteiger partial charge on any atom is -0.495 e. The van der Waals surface area contributed by atoms with Crippen LogP contribution in [0.2, 0.25) is 0 Å². The molecule has 0 bridgehead atoms. The molecule has 0 radical (unpaired) electrons. The third kappa shape index (κ3) is 5.69. The SMILES string of the molecule is COc1ccccc1NC(=O)N(Cc1cccn1Cc1cccc(C)c1)[C@H](C)C(C)C. The van der Waals surface area contributed by atoms with Gasteiger partial charge in [-0.25, -0.2) is 4.79 Å². The van der Waals surface area contributed by atoms with Crippen LogP contribution in [0, 0.1) is 12.8 Å². The molecule has 5 nitrogen and oxygen atoms in total. The summed E-state index contributed by atoms with van der Waals surface area (Å²) in [4.78, 5) is 15.2. The zero-order valence-corrected chi connectivity index (χ0v) is 19.1. The third-order valence-corrected chi connectivity index (χ3v) is 5.76. The van der Waals surface area contributed by atoms with E-state index < -0.39 is 0 Å². The van der Waals surface area contributed by atoms with Crippen LogP contribution in [-0.4, -0.2) is 28.6 Å². The van der Waals surface area contributed by atoms with Gasteiger partial charge in [-0.15, -0.1) is 0 Å². The molecule has 1 atom stereocenters. The number of aryl methyl sites for hydroxylation is 1. The lowest BCUT2D eigenvalue weighted by Gasteiger charge is -2.32. The summed E-state index contributed by atoms with van der Waals surface area (Å²) < 4.78 is 7.61. The molecule has 0 aliphatic rings. The van der Waals surface area contributed by atoms with Crippen molar-refractivity contribution >= 4 is 11.7 Å². The first-order chi connectivity index (χ1) is 14.9. The molecule has 0 unspecified atom stereocenters. The van der Waals surface area contributed by atoms with Gasteiger partial charge in [-0.3, -0.25) is 0 Å². The molecule has 0 aliphatic carbocycles. The highest BCUT2D eigenvalue weighted by atomic mass is 16.5. The Hall–Kier alpha value is -3.21. The number of benzene rings is 2. The minimum absolute atomic E-state index is 0.0667. The number of amides is 2. The van der Waals surface area contributed by atoms with Crippen LogP contribution in [0.3, 0.4) is 0 Å². The van der Waals surface area contributed by atoms with Crippen molar-refractivity contribution in [1.82, 2.24) is 9.47 Å². The summed E-state index contributed by atoms with van der Waals surface area (Å²) in [6.45, 7) is 9.79. The van der Waals surface area contributed by atoms with Gasteiger partial charge in [-0.05, 0) is 49.6 Å². The van der Waals surface area contributed by atoms with Crippen LogP contribution in [-0.2, 0) is 13.1 Å². The van der Waals surface area contributed by atoms with E-state index in [1.165, 1.54) is 11.1 Å². The van der Waals surface area contributed by atoms with Gasteiger partial charge < -0.3 is 19.5 Å². The van der Waals surface area contributed by atoms with Crippen LogP contribution < -0.4 is 10.1 Å². The number of carbonyl (C=O) groups excluding carboxylic acids is 1. The maximum absolute atomic E-state index is 13.3. The van der Waals surface area contributed by atoms with E-state index in [-0.39, 0.29) is 12.1 Å². The Morgan fingerprint density at radius 1 is 1.06 bits per heavy atom. The molecule has 5 heteroatoms. The summed E-state index contributed by atoms with van der Waals surface area (Å²) in [5.41, 5.74) is 4.27. The first kappa shape index (κ1) is 22.5. The van der Waals surface area contributed by atoms with Gasteiger partial charge in [0.1, 0.15) is 5.75 Å². The van der Waals surface area contributed by atoms with Crippen molar-refractivity contribution in [2.45, 2.75) is 46.8 Å². The number of nitrogens with one attached hydrogen (secondary N) is 1. The Labute approximate surface area is 185 Å². The monoisotopic (exact) mass is 419 g/mol. The molecular weight excluding hydrogens is 386 g/mol. The molecule has 2 amide bonds. The predicted octanol–water partition coefficient (Wildman–Crippen LogP) is 5.93. The molecule has 1 aromatic heterocycles. The van der Waals surface area contributed by atoms with Gasteiger partial charge >= 0.3 is 6.03 Å². The van der Waals surface area contributed by atoms with Crippen LogP contribution >= 0.6 is 0 Å². The topological polar surface area (TPSA) is 46.5 Å². The maximum Gasteiger partial charge on any atom is 0.322 e. The Kier molecular flexibility index (Phi) is 7.40. The largest absolute Gasteiger partial charge is 0.495 e. The van der Waals surface area contributed by atoms with Crippen LogP contribution in [0.15, 0.2) is 66.9 Å². The highest BCUT2D eigenvalue weighted by Gasteiger charge is 2.24. The minimum atomic E-state index is -0.131. The number of rotatable bonds is 8. The van der Waals surface area contributed by atoms with Crippen molar-refractivity contribution in [3.63, 3.8) is 0 Å². The Bertz CT molecular complexity index is 1010. The number of methoxy groups -OCH3 is 1. The molecule has 3 rings (SSSR count). The fourth-order valence-corrected chi connectivity index (χ4v) is 3.62. The van der Waals surface area contributed by atoms with Gasteiger partial charge in [0, 0.05) is 24.5 Å². The van der Waals surface area contributed by atoms with Crippen LogP contribution in [0.25, 0.3) is 0 Å². The van der Waals surface area contributed by atoms with Gasteiger partial charge in [0.15, 0.2) is 0 Å². The van der Waals surface area contributed by atoms with Gasteiger partial charge in [0.05, 0.1) is 19.3 Å². The molecule has 1 heterocycles. The zero-order valence-electron chi connectivity index (χ0n) is 19.1. The van der Waals surface area contributed by atoms with Crippen LogP contribution in [0.4, 0.5) is 10.5 Å². The number of urea groups is 1. The lowest BCUT2D eigenvalue weighted by atomic mass is 10.0. The second-order valence-electron chi connectivity index (χ2n) is 8.36. The molecule has 2 aromatic carbocycles. The van der Waals surface area contributed by atoms with Crippen molar-refractivity contribution in [3.8, 4) is 5.75 Å². The van der Waals surface area contributed by atoms with Crippen LogP contribution in [0.5, 0.6) is 5.75 Å². The van der Waals surface area contributed by atoms with E-state index in [0.717, 1.165) is 12.2 Å². The Balaban J connectivity index is 1.82. The number of hydrogen-bond donors (Lipinski definition) is 1. The smallest absolute Gasteiger partial charge is 0.322 e. The molecule has 1 N–H and O–H groups in total. The zero-order chi connectivity index (χ0) is 22.4. The number of ether oxygens (including phenoxy) is 1. The van der Waals surface area contributed by atoms with E-state index in [1.54, 1.807) is 7.11 Å². The molecular formula is C26H33N3O2. The van der Waals surface area contributed by atoms with Crippen molar-refractivity contribution < 1.29 is 9.53 Å². The fraction of sp³-hybridized carbons (Fsp3) is 0.346. The highest BCUT2D eigenvalue weighted by Crippen LogP contribution is 2.25. The van der Waals surface area contributed by atoms with E-state index in [9.17, 15) is 4.79 Å². The van der Waals surface area contributed by atoms with Gasteiger partial charge in [-0.1, -0.05) is 55.8 Å². The molecule has 3 aromatic rings. The van der Waals surface area contributed by atoms with Gasteiger partial charge in [0.2, 0.25) is 0 Å². The van der Waals surface area contributed by atoms with E-state index in [0.29, 0.717) is 23.9 Å². The molecule has 31 heavy (non-hydrogen) atoms. The summed E-state index contributed by atoms with van der Waals surface area (Å²) >= 11 is 0. The normalized spacial score (nSPS) is 11.9. The second-order valence-corrected chi connectivity index (χ2v) is 8.36. The van der Waals surface area contributed by atoms with Crippen LogP contribution in [0.1, 0.15) is 37.6 Å². The van der Waals surface area contributed by atoms with E-state index in [4.69, 9.17) is 4.74 Å². The maximum atomic E-state index is 13.3. The van der Waals surface area contributed by atoms with Crippen molar-refractivity contribution in [2.75, 3.05) is 12.4 Å². The van der Waals surface area contributed by atoms with Crippen molar-refractivity contribution in [1.29, 1.82) is 0 Å². The lowest BCUT2D eigenvalue weighted by molar-refractivity contribution is 0.168. The average Bonchev–Trinajstić information content (AvgIpc) is 3.18. The average molecular weight is 420 g/mol. The number of aromatic nitrogens is 1. The third-order valence-electron chi connectivity index (χ3n) is 5.76. The quantitative estimate of drug-likeness (QED) is 0.492. The number of hydrogen-bond acceptors (Lipinski definition) is 2. The van der Waals surface area contributed by atoms with Gasteiger partial charge in [0.25, 0.3) is 0 Å². The predicted molar refractivity (Wildman–Crippen MR) is 127 cm³/mol. The lowest BCUT2D eigenvalue weighted by Crippen LogP contribution is -2.43. The number of anilines is 1. The molecule has 0 fully saturated rings. The first-order valence-corrected chi connectivity index (χ1v) is 10.8. The van der Waals surface area contributed by atoms with Crippen molar-refractivity contribution in [3.05, 3.63) is 83.7 Å².